The van der Waals surface area contributed by atoms with Gasteiger partial charge in [0.2, 0.25) is 0 Å². The molecule has 1 aliphatic heterocycles. The minimum atomic E-state index is 0.756. The van der Waals surface area contributed by atoms with E-state index in [1.165, 1.54) is 25.7 Å². The minimum Gasteiger partial charge on any atom is -0.373 e. The number of aliphatic imine (C=N–C) groups is 1. The lowest BCUT2D eigenvalue weighted by atomic mass is 9.84. The highest BCUT2D eigenvalue weighted by Gasteiger charge is 2.25. The normalized spacial score (nSPS) is 38.4. The van der Waals surface area contributed by atoms with Gasteiger partial charge in [0.05, 0.1) is 6.34 Å². The first kappa shape index (κ1) is 6.20. The van der Waals surface area contributed by atoms with Crippen LogP contribution in [-0.4, -0.2) is 18.9 Å². The van der Waals surface area contributed by atoms with Gasteiger partial charge in [-0.2, -0.15) is 0 Å². The zero-order chi connectivity index (χ0) is 6.81. The molecule has 56 valence electrons. The van der Waals surface area contributed by atoms with Crippen molar-refractivity contribution in [3.8, 4) is 0 Å². The Labute approximate surface area is 61.7 Å². The molecule has 0 aromatic carbocycles. The summed E-state index contributed by atoms with van der Waals surface area (Å²) in [6, 6.07) is 0.756. The number of hydrogen-bond acceptors (Lipinski definition) is 2. The maximum atomic E-state index is 4.23. The van der Waals surface area contributed by atoms with E-state index in [1.807, 2.05) is 6.34 Å². The van der Waals surface area contributed by atoms with E-state index in [4.69, 9.17) is 0 Å². The average molecular weight is 138 g/mol. The number of rotatable bonds is 0. The summed E-state index contributed by atoms with van der Waals surface area (Å²) in [4.78, 5) is 4.23. The summed E-state index contributed by atoms with van der Waals surface area (Å²) in [5.74, 6) is 0.846. The number of nitrogens with one attached hydrogen (secondary N) is 1. The van der Waals surface area contributed by atoms with Crippen LogP contribution in [0.25, 0.3) is 0 Å². The molecule has 1 saturated carbocycles. The smallest absolute Gasteiger partial charge is 0.0826 e. The molecule has 1 fully saturated rings. The fourth-order valence-electron chi connectivity index (χ4n) is 1.98. The van der Waals surface area contributed by atoms with Crippen molar-refractivity contribution in [3.63, 3.8) is 0 Å². The van der Waals surface area contributed by atoms with Crippen molar-refractivity contribution in [2.45, 2.75) is 31.7 Å². The van der Waals surface area contributed by atoms with Crippen LogP contribution >= 0.6 is 0 Å². The first-order valence-electron chi connectivity index (χ1n) is 4.21. The van der Waals surface area contributed by atoms with Crippen molar-refractivity contribution in [2.75, 3.05) is 6.54 Å². The highest BCUT2D eigenvalue weighted by molar-refractivity contribution is 5.55. The molecule has 2 aliphatic rings. The van der Waals surface area contributed by atoms with Gasteiger partial charge in [-0.3, -0.25) is 4.99 Å². The van der Waals surface area contributed by atoms with Crippen LogP contribution in [0.4, 0.5) is 0 Å². The summed E-state index contributed by atoms with van der Waals surface area (Å²) >= 11 is 0. The average Bonchev–Trinajstić information content (AvgIpc) is 2.05. The van der Waals surface area contributed by atoms with Gasteiger partial charge in [-0.15, -0.1) is 0 Å². The van der Waals surface area contributed by atoms with Crippen LogP contribution in [0.3, 0.4) is 0 Å². The summed E-state index contributed by atoms with van der Waals surface area (Å²) in [5.41, 5.74) is 0. The Bertz CT molecular complexity index is 126. The molecule has 0 radical (unpaired) electrons. The molecule has 10 heavy (non-hydrogen) atoms. The monoisotopic (exact) mass is 138 g/mol. The van der Waals surface area contributed by atoms with Crippen LogP contribution in [0.15, 0.2) is 4.99 Å². The summed E-state index contributed by atoms with van der Waals surface area (Å²) in [6.45, 7) is 1.07. The van der Waals surface area contributed by atoms with Gasteiger partial charge in [0.15, 0.2) is 0 Å². The maximum Gasteiger partial charge on any atom is 0.0826 e. The maximum absolute atomic E-state index is 4.23. The Balaban J connectivity index is 2.01. The third kappa shape index (κ3) is 1.02. The second kappa shape index (κ2) is 2.60. The van der Waals surface area contributed by atoms with Crippen molar-refractivity contribution in [3.05, 3.63) is 0 Å². The second-order valence-electron chi connectivity index (χ2n) is 3.31. The lowest BCUT2D eigenvalue weighted by molar-refractivity contribution is 0.286. The molecule has 1 heterocycles. The van der Waals surface area contributed by atoms with Gasteiger partial charge in [-0.25, -0.2) is 0 Å². The second-order valence-corrected chi connectivity index (χ2v) is 3.31. The van der Waals surface area contributed by atoms with Gasteiger partial charge in [0.25, 0.3) is 0 Å². The van der Waals surface area contributed by atoms with Crippen molar-refractivity contribution in [2.24, 2.45) is 10.9 Å². The Morgan fingerprint density at radius 2 is 2.20 bits per heavy atom. The molecule has 2 heteroatoms. The molecular weight excluding hydrogens is 124 g/mol. The SMILES string of the molecule is C1=NC[C@H]2CCCC[C@@H]2N1. The standard InChI is InChI=1S/C8H14N2/c1-2-4-8-7(3-1)5-9-6-10-8/h6-8H,1-5H2,(H,9,10)/t7-,8+/m1/s1. The lowest BCUT2D eigenvalue weighted by Gasteiger charge is -2.32. The van der Waals surface area contributed by atoms with E-state index < -0.39 is 0 Å². The van der Waals surface area contributed by atoms with Gasteiger partial charge in [0, 0.05) is 12.6 Å². The van der Waals surface area contributed by atoms with Crippen molar-refractivity contribution >= 4 is 6.34 Å². The molecule has 0 unspecified atom stereocenters. The largest absolute Gasteiger partial charge is 0.373 e. The molecule has 1 N–H and O–H groups in total. The van der Waals surface area contributed by atoms with Crippen LogP contribution in [0.5, 0.6) is 0 Å². The quantitative estimate of drug-likeness (QED) is 0.534. The van der Waals surface area contributed by atoms with Crippen LogP contribution in [-0.2, 0) is 0 Å². The van der Waals surface area contributed by atoms with Crippen LogP contribution in [0, 0.1) is 5.92 Å². The van der Waals surface area contributed by atoms with Gasteiger partial charge in [0.1, 0.15) is 0 Å². The third-order valence-electron chi connectivity index (χ3n) is 2.63. The Morgan fingerprint density at radius 1 is 1.30 bits per heavy atom. The van der Waals surface area contributed by atoms with Gasteiger partial charge >= 0.3 is 0 Å². The summed E-state index contributed by atoms with van der Waals surface area (Å²) < 4.78 is 0. The van der Waals surface area contributed by atoms with Crippen LogP contribution in [0.1, 0.15) is 25.7 Å². The third-order valence-corrected chi connectivity index (χ3v) is 2.63. The van der Waals surface area contributed by atoms with Crippen molar-refractivity contribution < 1.29 is 0 Å². The molecule has 2 nitrogen and oxygen atoms in total. The summed E-state index contributed by atoms with van der Waals surface area (Å²) in [5, 5.41) is 3.33. The number of hydrogen-bond donors (Lipinski definition) is 1. The van der Waals surface area contributed by atoms with E-state index in [2.05, 4.69) is 10.3 Å². The highest BCUT2D eigenvalue weighted by Crippen LogP contribution is 2.25. The molecular formula is C8H14N2. The van der Waals surface area contributed by atoms with E-state index in [-0.39, 0.29) is 0 Å². The van der Waals surface area contributed by atoms with Crippen molar-refractivity contribution in [1.29, 1.82) is 0 Å². The first-order chi connectivity index (χ1) is 4.97. The predicted molar refractivity (Wildman–Crippen MR) is 42.2 cm³/mol. The van der Waals surface area contributed by atoms with E-state index >= 15 is 0 Å². The molecule has 0 amide bonds. The molecule has 0 saturated heterocycles. The molecule has 0 spiro atoms. The zero-order valence-corrected chi connectivity index (χ0v) is 6.21. The van der Waals surface area contributed by atoms with E-state index in [9.17, 15) is 0 Å². The van der Waals surface area contributed by atoms with Gasteiger partial charge in [-0.05, 0) is 18.8 Å². The van der Waals surface area contributed by atoms with E-state index in [0.717, 1.165) is 18.5 Å². The molecule has 0 bridgehead atoms. The number of nitrogens with zero attached hydrogens (tertiary/aromatic N) is 1. The molecule has 0 aromatic heterocycles. The zero-order valence-electron chi connectivity index (χ0n) is 6.21. The Morgan fingerprint density at radius 3 is 3.10 bits per heavy atom. The summed E-state index contributed by atoms with van der Waals surface area (Å²) in [6.07, 6.45) is 7.44. The number of fused-ring (bicyclic) bond motifs is 1. The molecule has 1 aliphatic carbocycles. The minimum absolute atomic E-state index is 0.756. The van der Waals surface area contributed by atoms with Gasteiger partial charge < -0.3 is 5.32 Å². The van der Waals surface area contributed by atoms with Crippen LogP contribution in [0.2, 0.25) is 0 Å². The van der Waals surface area contributed by atoms with Gasteiger partial charge in [-0.1, -0.05) is 12.8 Å². The fourth-order valence-corrected chi connectivity index (χ4v) is 1.98. The molecule has 2 atom stereocenters. The van der Waals surface area contributed by atoms with Crippen LogP contribution < -0.4 is 5.32 Å². The summed E-state index contributed by atoms with van der Waals surface area (Å²) in [7, 11) is 0. The Hall–Kier alpha value is -0.530. The first-order valence-corrected chi connectivity index (χ1v) is 4.21. The van der Waals surface area contributed by atoms with E-state index in [1.54, 1.807) is 0 Å². The lowest BCUT2D eigenvalue weighted by Crippen LogP contribution is -2.42. The van der Waals surface area contributed by atoms with E-state index in [0.29, 0.717) is 0 Å². The molecule has 0 aromatic rings. The fraction of sp³-hybridized carbons (Fsp3) is 0.875. The topological polar surface area (TPSA) is 24.4 Å². The molecule has 2 rings (SSSR count). The van der Waals surface area contributed by atoms with Crippen molar-refractivity contribution in [1.82, 2.24) is 5.32 Å². The predicted octanol–water partition coefficient (Wildman–Crippen LogP) is 1.18. The Kier molecular flexibility index (Phi) is 1.61. The highest BCUT2D eigenvalue weighted by atomic mass is 15.0.